The van der Waals surface area contributed by atoms with Gasteiger partial charge in [0.25, 0.3) is 0 Å². The van der Waals surface area contributed by atoms with Gasteiger partial charge in [0.15, 0.2) is 5.78 Å². The lowest BCUT2D eigenvalue weighted by Crippen LogP contribution is -2.38. The fourth-order valence-corrected chi connectivity index (χ4v) is 3.70. The summed E-state index contributed by atoms with van der Waals surface area (Å²) in [6.07, 6.45) is 1.92. The van der Waals surface area contributed by atoms with Gasteiger partial charge in [0.1, 0.15) is 17.2 Å². The van der Waals surface area contributed by atoms with E-state index in [0.29, 0.717) is 18.7 Å². The van der Waals surface area contributed by atoms with E-state index in [-0.39, 0.29) is 23.6 Å². The molecule has 1 atom stereocenters. The number of Topliss-reactive ketones (excluding diaryl/α,β-unsaturated/α-hetero) is 1. The lowest BCUT2D eigenvalue weighted by Gasteiger charge is -2.32. The second-order valence-corrected chi connectivity index (χ2v) is 7.63. The largest absolute Gasteiger partial charge is 0.508 e. The van der Waals surface area contributed by atoms with E-state index in [4.69, 9.17) is 9.47 Å². The van der Waals surface area contributed by atoms with Gasteiger partial charge in [0, 0.05) is 30.1 Å². The van der Waals surface area contributed by atoms with Crippen molar-refractivity contribution in [3.8, 4) is 17.2 Å². The highest BCUT2D eigenvalue weighted by Crippen LogP contribution is 2.28. The van der Waals surface area contributed by atoms with Crippen molar-refractivity contribution in [1.29, 1.82) is 0 Å². The van der Waals surface area contributed by atoms with Crippen LogP contribution in [-0.4, -0.2) is 42.1 Å². The molecule has 150 valence electrons. The van der Waals surface area contributed by atoms with E-state index in [2.05, 4.69) is 4.90 Å². The summed E-state index contributed by atoms with van der Waals surface area (Å²) in [5.74, 6) is 1.83. The summed E-state index contributed by atoms with van der Waals surface area (Å²) in [5, 5.41) is 10.2. The molecular formula is C23H29NO4. The number of carbonyl (C=O) groups excluding carboxylic acids is 1. The van der Waals surface area contributed by atoms with E-state index < -0.39 is 0 Å². The molecule has 28 heavy (non-hydrogen) atoms. The van der Waals surface area contributed by atoms with Crippen molar-refractivity contribution < 1.29 is 19.4 Å². The number of phenolic OH excluding ortho intramolecular Hbond substituents is 1. The molecule has 0 bridgehead atoms. The molecule has 1 heterocycles. The van der Waals surface area contributed by atoms with Crippen LogP contribution in [0.3, 0.4) is 0 Å². The van der Waals surface area contributed by atoms with Gasteiger partial charge in [-0.25, -0.2) is 0 Å². The Morgan fingerprint density at radius 2 is 2.04 bits per heavy atom. The third kappa shape index (κ3) is 5.04. The molecule has 0 amide bonds. The molecule has 5 nitrogen and oxygen atoms in total. The zero-order chi connectivity index (χ0) is 20.1. The summed E-state index contributed by atoms with van der Waals surface area (Å²) < 4.78 is 11.0. The highest BCUT2D eigenvalue weighted by atomic mass is 16.5. The van der Waals surface area contributed by atoms with Gasteiger partial charge < -0.3 is 14.6 Å². The minimum atomic E-state index is -0.0456. The van der Waals surface area contributed by atoms with Gasteiger partial charge in [-0.3, -0.25) is 9.69 Å². The number of benzene rings is 2. The van der Waals surface area contributed by atoms with Crippen molar-refractivity contribution in [3.63, 3.8) is 0 Å². The Morgan fingerprint density at radius 1 is 1.21 bits per heavy atom. The van der Waals surface area contributed by atoms with Crippen molar-refractivity contribution in [2.45, 2.75) is 39.3 Å². The first-order valence-electron chi connectivity index (χ1n) is 9.85. The second kappa shape index (κ2) is 9.11. The quantitative estimate of drug-likeness (QED) is 0.723. The van der Waals surface area contributed by atoms with Crippen LogP contribution in [0.5, 0.6) is 17.2 Å². The van der Waals surface area contributed by atoms with Crippen LogP contribution in [0.25, 0.3) is 0 Å². The fourth-order valence-electron chi connectivity index (χ4n) is 3.70. The molecular weight excluding hydrogens is 354 g/mol. The van der Waals surface area contributed by atoms with Crippen LogP contribution in [0.4, 0.5) is 0 Å². The molecule has 0 aromatic heterocycles. The number of carbonyl (C=O) groups is 1. The van der Waals surface area contributed by atoms with Gasteiger partial charge in [0.2, 0.25) is 0 Å². The van der Waals surface area contributed by atoms with Crippen molar-refractivity contribution in [1.82, 2.24) is 4.90 Å². The molecule has 2 aromatic rings. The second-order valence-electron chi connectivity index (χ2n) is 7.63. The summed E-state index contributed by atoms with van der Waals surface area (Å²) in [5.41, 5.74) is 1.52. The predicted molar refractivity (Wildman–Crippen MR) is 109 cm³/mol. The number of nitrogens with zero attached hydrogens (tertiary/aromatic N) is 1. The highest BCUT2D eigenvalue weighted by Gasteiger charge is 2.27. The number of likely N-dealkylation sites (tertiary alicyclic amines) is 1. The molecule has 0 spiro atoms. The van der Waals surface area contributed by atoms with Gasteiger partial charge in [-0.05, 0) is 63.6 Å². The van der Waals surface area contributed by atoms with Crippen LogP contribution < -0.4 is 9.47 Å². The van der Waals surface area contributed by atoms with Gasteiger partial charge in [-0.1, -0.05) is 12.1 Å². The van der Waals surface area contributed by atoms with Gasteiger partial charge >= 0.3 is 0 Å². The zero-order valence-electron chi connectivity index (χ0n) is 16.9. The molecule has 0 aliphatic carbocycles. The Hall–Kier alpha value is -2.53. The molecule has 1 aliphatic rings. The van der Waals surface area contributed by atoms with Crippen molar-refractivity contribution in [2.24, 2.45) is 5.92 Å². The lowest BCUT2D eigenvalue weighted by atomic mass is 9.89. The van der Waals surface area contributed by atoms with E-state index in [1.54, 1.807) is 19.2 Å². The van der Waals surface area contributed by atoms with Crippen LogP contribution in [0.15, 0.2) is 42.5 Å². The Bertz CT molecular complexity index is 818. The number of hydrogen-bond donors (Lipinski definition) is 1. The molecule has 1 fully saturated rings. The third-order valence-electron chi connectivity index (χ3n) is 5.05. The average Bonchev–Trinajstić information content (AvgIpc) is 2.69. The zero-order valence-corrected chi connectivity index (χ0v) is 16.9. The van der Waals surface area contributed by atoms with E-state index in [0.717, 1.165) is 36.4 Å². The van der Waals surface area contributed by atoms with E-state index in [1.165, 1.54) is 0 Å². The number of aromatic hydroxyl groups is 1. The number of phenols is 1. The van der Waals surface area contributed by atoms with Crippen LogP contribution in [-0.2, 0) is 6.54 Å². The first-order valence-corrected chi connectivity index (χ1v) is 9.85. The molecule has 1 aliphatic heterocycles. The van der Waals surface area contributed by atoms with Crippen molar-refractivity contribution in [2.75, 3.05) is 20.2 Å². The van der Waals surface area contributed by atoms with Gasteiger partial charge in [-0.2, -0.15) is 0 Å². The number of piperidine rings is 1. The van der Waals surface area contributed by atoms with Crippen LogP contribution >= 0.6 is 0 Å². The third-order valence-corrected chi connectivity index (χ3v) is 5.05. The number of hydrogen-bond acceptors (Lipinski definition) is 5. The Morgan fingerprint density at radius 3 is 2.79 bits per heavy atom. The maximum atomic E-state index is 13.1. The van der Waals surface area contributed by atoms with Crippen molar-refractivity contribution >= 4 is 5.78 Å². The number of rotatable bonds is 7. The fraction of sp³-hybridized carbons (Fsp3) is 0.435. The van der Waals surface area contributed by atoms with Gasteiger partial charge in [-0.15, -0.1) is 0 Å². The summed E-state index contributed by atoms with van der Waals surface area (Å²) in [4.78, 5) is 15.3. The minimum absolute atomic E-state index is 0.0456. The summed E-state index contributed by atoms with van der Waals surface area (Å²) in [6, 6.07) is 12.7. The highest BCUT2D eigenvalue weighted by molar-refractivity contribution is 5.98. The summed E-state index contributed by atoms with van der Waals surface area (Å²) in [6.45, 7) is 6.15. The lowest BCUT2D eigenvalue weighted by molar-refractivity contribution is 0.0810. The van der Waals surface area contributed by atoms with Crippen LogP contribution in [0.2, 0.25) is 0 Å². The monoisotopic (exact) mass is 383 g/mol. The molecule has 1 saturated heterocycles. The van der Waals surface area contributed by atoms with E-state index in [9.17, 15) is 9.90 Å². The molecule has 0 saturated carbocycles. The number of ketones is 1. The number of methoxy groups -OCH3 is 1. The average molecular weight is 383 g/mol. The van der Waals surface area contributed by atoms with Crippen molar-refractivity contribution in [3.05, 3.63) is 53.6 Å². The van der Waals surface area contributed by atoms with E-state index >= 15 is 0 Å². The Balaban J connectivity index is 1.68. The maximum Gasteiger partial charge on any atom is 0.167 e. The SMILES string of the molecule is COc1ccc(O)c(CN2CCC[C@@H](C(=O)c3cccc(OC(C)C)c3)C2)c1. The maximum absolute atomic E-state index is 13.1. The first kappa shape index (κ1) is 20.2. The molecule has 3 rings (SSSR count). The topological polar surface area (TPSA) is 59.0 Å². The number of ether oxygens (including phenoxy) is 2. The smallest absolute Gasteiger partial charge is 0.167 e. The molecule has 5 heteroatoms. The standard InChI is InChI=1S/C23H29NO4/c1-16(2)28-21-8-4-6-17(12-21)23(26)18-7-5-11-24(14-18)15-19-13-20(27-3)9-10-22(19)25/h4,6,8-10,12-13,16,18,25H,5,7,11,14-15H2,1-3H3/t18-/m1/s1. The minimum Gasteiger partial charge on any atom is -0.508 e. The Labute approximate surface area is 166 Å². The predicted octanol–water partition coefficient (Wildman–Crippen LogP) is 4.28. The van der Waals surface area contributed by atoms with Crippen LogP contribution in [0.1, 0.15) is 42.6 Å². The molecule has 1 N–H and O–H groups in total. The van der Waals surface area contributed by atoms with E-state index in [1.807, 2.05) is 44.2 Å². The molecule has 0 radical (unpaired) electrons. The first-order chi connectivity index (χ1) is 13.5. The normalized spacial score (nSPS) is 17.5. The summed E-state index contributed by atoms with van der Waals surface area (Å²) >= 11 is 0. The summed E-state index contributed by atoms with van der Waals surface area (Å²) in [7, 11) is 1.61. The molecule has 2 aromatic carbocycles. The molecule has 0 unspecified atom stereocenters. The Kier molecular flexibility index (Phi) is 6.57. The van der Waals surface area contributed by atoms with Crippen LogP contribution in [0, 0.1) is 5.92 Å². The van der Waals surface area contributed by atoms with Gasteiger partial charge in [0.05, 0.1) is 13.2 Å².